The molecule has 1 aliphatic carbocycles. The van der Waals surface area contributed by atoms with Gasteiger partial charge in [0.15, 0.2) is 0 Å². The van der Waals surface area contributed by atoms with Crippen molar-refractivity contribution in [2.75, 3.05) is 0 Å². The van der Waals surface area contributed by atoms with Crippen LogP contribution >= 0.6 is 0 Å². The molecule has 1 amide bonds. The highest BCUT2D eigenvalue weighted by Crippen LogP contribution is 2.29. The van der Waals surface area contributed by atoms with Crippen molar-refractivity contribution in [3.8, 4) is 6.07 Å². The molecule has 1 N–H and O–H groups in total. The molecule has 0 aromatic carbocycles. The lowest BCUT2D eigenvalue weighted by molar-refractivity contribution is -0.124. The number of carbonyl (C=O) groups excluding carboxylic acids is 1. The summed E-state index contributed by atoms with van der Waals surface area (Å²) in [6.07, 6.45) is 4.83. The van der Waals surface area contributed by atoms with E-state index in [4.69, 9.17) is 5.26 Å². The highest BCUT2D eigenvalue weighted by atomic mass is 16.1. The molecule has 0 radical (unpaired) electrons. The van der Waals surface area contributed by atoms with Gasteiger partial charge in [0, 0.05) is 6.04 Å². The summed E-state index contributed by atoms with van der Waals surface area (Å²) in [6.45, 7) is 6.52. The zero-order valence-corrected chi connectivity index (χ0v) is 11.2. The molecule has 1 saturated carbocycles. The number of nitrogens with one attached hydrogen (secondary N) is 1. The van der Waals surface area contributed by atoms with E-state index >= 15 is 0 Å². The second-order valence-electron chi connectivity index (χ2n) is 5.44. The Hall–Kier alpha value is -1.04. The maximum absolute atomic E-state index is 11.9. The fourth-order valence-corrected chi connectivity index (χ4v) is 2.52. The zero-order valence-electron chi connectivity index (χ0n) is 11.2. The molecule has 0 heterocycles. The van der Waals surface area contributed by atoms with Gasteiger partial charge in [-0.3, -0.25) is 4.79 Å². The Labute approximate surface area is 105 Å². The fourth-order valence-electron chi connectivity index (χ4n) is 2.52. The lowest BCUT2D eigenvalue weighted by Gasteiger charge is -2.32. The molecule has 0 aliphatic heterocycles. The molecule has 1 aliphatic rings. The summed E-state index contributed by atoms with van der Waals surface area (Å²) in [5.74, 6) is 0.891. The Morgan fingerprint density at radius 2 is 2.12 bits per heavy atom. The number of nitriles is 1. The van der Waals surface area contributed by atoms with Gasteiger partial charge in [-0.15, -0.1) is 0 Å². The van der Waals surface area contributed by atoms with Gasteiger partial charge in [0.05, 0.1) is 6.07 Å². The van der Waals surface area contributed by atoms with Crippen LogP contribution in [0.25, 0.3) is 0 Å². The van der Waals surface area contributed by atoms with Crippen molar-refractivity contribution in [3.63, 3.8) is 0 Å². The minimum absolute atomic E-state index is 0.0684. The summed E-state index contributed by atoms with van der Waals surface area (Å²) in [4.78, 5) is 11.9. The van der Waals surface area contributed by atoms with Crippen molar-refractivity contribution < 1.29 is 4.79 Å². The molecule has 17 heavy (non-hydrogen) atoms. The summed E-state index contributed by atoms with van der Waals surface area (Å²) in [5, 5.41) is 12.0. The van der Waals surface area contributed by atoms with Crippen LogP contribution in [0.2, 0.25) is 0 Å². The van der Waals surface area contributed by atoms with Crippen LogP contribution in [0.1, 0.15) is 52.9 Å². The quantitative estimate of drug-likeness (QED) is 0.816. The molecule has 1 rings (SSSR count). The molecule has 3 heteroatoms. The minimum atomic E-state index is -0.463. The van der Waals surface area contributed by atoms with Crippen molar-refractivity contribution in [2.24, 2.45) is 17.8 Å². The highest BCUT2D eigenvalue weighted by molar-refractivity contribution is 5.81. The van der Waals surface area contributed by atoms with Gasteiger partial charge < -0.3 is 5.32 Å². The second kappa shape index (κ2) is 6.64. The zero-order chi connectivity index (χ0) is 12.8. The maximum Gasteiger partial charge on any atom is 0.237 e. The van der Waals surface area contributed by atoms with E-state index in [1.54, 1.807) is 0 Å². The Morgan fingerprint density at radius 1 is 1.41 bits per heavy atom. The molecule has 0 aromatic heterocycles. The first-order valence-corrected chi connectivity index (χ1v) is 6.78. The van der Waals surface area contributed by atoms with Gasteiger partial charge in [-0.25, -0.2) is 0 Å². The van der Waals surface area contributed by atoms with Gasteiger partial charge >= 0.3 is 0 Å². The molecule has 1 fully saturated rings. The molecular formula is C14H24N2O. The molecule has 0 saturated heterocycles. The molecule has 0 aromatic rings. The van der Waals surface area contributed by atoms with Gasteiger partial charge in [-0.05, 0) is 37.5 Å². The summed E-state index contributed by atoms with van der Waals surface area (Å²) >= 11 is 0. The van der Waals surface area contributed by atoms with Gasteiger partial charge in [0.2, 0.25) is 5.91 Å². The first kappa shape index (κ1) is 14.0. The number of carbonyl (C=O) groups is 1. The van der Waals surface area contributed by atoms with Crippen LogP contribution < -0.4 is 5.32 Å². The minimum Gasteiger partial charge on any atom is -0.352 e. The third kappa shape index (κ3) is 4.03. The SMILES string of the molecule is CCCC(C#N)C(=O)NC1CCC(C)C(C)C1. The first-order chi connectivity index (χ1) is 8.08. The number of hydrogen-bond acceptors (Lipinski definition) is 2. The van der Waals surface area contributed by atoms with E-state index < -0.39 is 5.92 Å². The van der Waals surface area contributed by atoms with Crippen LogP contribution in [0.4, 0.5) is 0 Å². The maximum atomic E-state index is 11.9. The van der Waals surface area contributed by atoms with E-state index in [1.165, 1.54) is 6.42 Å². The summed E-state index contributed by atoms with van der Waals surface area (Å²) in [7, 11) is 0. The highest BCUT2D eigenvalue weighted by Gasteiger charge is 2.27. The van der Waals surface area contributed by atoms with Crippen molar-refractivity contribution in [1.29, 1.82) is 5.26 Å². The average molecular weight is 236 g/mol. The van der Waals surface area contributed by atoms with Crippen LogP contribution in [0.3, 0.4) is 0 Å². The van der Waals surface area contributed by atoms with Crippen LogP contribution in [0.5, 0.6) is 0 Å². The predicted molar refractivity (Wildman–Crippen MR) is 68.1 cm³/mol. The van der Waals surface area contributed by atoms with Crippen molar-refractivity contribution >= 4 is 5.91 Å². The largest absolute Gasteiger partial charge is 0.352 e. The predicted octanol–water partition coefficient (Wildman–Crippen LogP) is 2.87. The van der Waals surface area contributed by atoms with Gasteiger partial charge in [-0.2, -0.15) is 5.26 Å². The molecule has 4 atom stereocenters. The lowest BCUT2D eigenvalue weighted by Crippen LogP contribution is -2.42. The number of hydrogen-bond donors (Lipinski definition) is 1. The van der Waals surface area contributed by atoms with E-state index in [2.05, 4.69) is 25.2 Å². The van der Waals surface area contributed by atoms with Crippen molar-refractivity contribution in [1.82, 2.24) is 5.32 Å². The molecule has 3 nitrogen and oxygen atoms in total. The third-order valence-electron chi connectivity index (χ3n) is 3.99. The van der Waals surface area contributed by atoms with E-state index in [1.807, 2.05) is 6.92 Å². The summed E-state index contributed by atoms with van der Waals surface area (Å²) in [6, 6.07) is 2.38. The molecule has 0 bridgehead atoms. The van der Waals surface area contributed by atoms with Crippen LogP contribution in [0, 0.1) is 29.1 Å². The molecular weight excluding hydrogens is 212 g/mol. The van der Waals surface area contributed by atoms with Gasteiger partial charge in [0.25, 0.3) is 0 Å². The molecule has 96 valence electrons. The van der Waals surface area contributed by atoms with E-state index in [0.717, 1.165) is 25.2 Å². The van der Waals surface area contributed by atoms with Crippen LogP contribution in [-0.4, -0.2) is 11.9 Å². The Bertz CT molecular complexity index is 295. The number of amides is 1. The lowest BCUT2D eigenvalue weighted by atomic mass is 9.79. The smallest absolute Gasteiger partial charge is 0.237 e. The Morgan fingerprint density at radius 3 is 2.65 bits per heavy atom. The second-order valence-corrected chi connectivity index (χ2v) is 5.44. The Balaban J connectivity index is 2.43. The topological polar surface area (TPSA) is 52.9 Å². The van der Waals surface area contributed by atoms with Gasteiger partial charge in [-0.1, -0.05) is 27.2 Å². The normalized spacial score (nSPS) is 30.4. The average Bonchev–Trinajstić information content (AvgIpc) is 2.30. The fraction of sp³-hybridized carbons (Fsp3) is 0.857. The molecule has 0 spiro atoms. The van der Waals surface area contributed by atoms with Gasteiger partial charge in [0.1, 0.15) is 5.92 Å². The summed E-state index contributed by atoms with van der Waals surface area (Å²) < 4.78 is 0. The monoisotopic (exact) mass is 236 g/mol. The number of rotatable bonds is 4. The first-order valence-electron chi connectivity index (χ1n) is 6.78. The van der Waals surface area contributed by atoms with Crippen molar-refractivity contribution in [3.05, 3.63) is 0 Å². The third-order valence-corrected chi connectivity index (χ3v) is 3.99. The van der Waals surface area contributed by atoms with Crippen LogP contribution in [-0.2, 0) is 4.79 Å². The van der Waals surface area contributed by atoms with E-state index in [0.29, 0.717) is 12.3 Å². The van der Waals surface area contributed by atoms with Crippen LogP contribution in [0.15, 0.2) is 0 Å². The molecule has 4 unspecified atom stereocenters. The number of nitrogens with zero attached hydrogens (tertiary/aromatic N) is 1. The standard InChI is InChI=1S/C14H24N2O/c1-4-5-12(9-15)14(17)16-13-7-6-10(2)11(3)8-13/h10-13H,4-8H2,1-3H3,(H,16,17). The van der Waals surface area contributed by atoms with E-state index in [9.17, 15) is 4.79 Å². The Kier molecular flexibility index (Phi) is 5.47. The van der Waals surface area contributed by atoms with Crippen molar-refractivity contribution in [2.45, 2.75) is 58.9 Å². The van der Waals surface area contributed by atoms with E-state index in [-0.39, 0.29) is 11.9 Å². The summed E-state index contributed by atoms with van der Waals surface area (Å²) in [5.41, 5.74) is 0.